The average Bonchev–Trinajstić information content (AvgIpc) is 3.20. The zero-order valence-electron chi connectivity index (χ0n) is 39.4. The molecule has 61 heavy (non-hydrogen) atoms. The van der Waals surface area contributed by atoms with E-state index >= 15 is 0 Å². The molecule has 4 nitrogen and oxygen atoms in total. The molecule has 6 aromatic rings. The zero-order chi connectivity index (χ0) is 44.4. The van der Waals surface area contributed by atoms with Gasteiger partial charge >= 0.3 is 0 Å². The van der Waals surface area contributed by atoms with Crippen LogP contribution in [0.25, 0.3) is 44.1 Å². The first-order chi connectivity index (χ1) is 28.3. The van der Waals surface area contributed by atoms with Gasteiger partial charge in [0, 0.05) is 50.4 Å². The minimum atomic E-state index is -1.30. The van der Waals surface area contributed by atoms with E-state index in [4.69, 9.17) is 0 Å². The molecule has 0 bridgehead atoms. The van der Waals surface area contributed by atoms with Crippen LogP contribution >= 0.6 is 0 Å². The van der Waals surface area contributed by atoms with Gasteiger partial charge in [-0.15, -0.1) is 69.8 Å². The molecular formula is C54H70IrN2O2Si2-2. The molecule has 0 aliphatic carbocycles. The monoisotopic (exact) mass is 1030 g/mol. The van der Waals surface area contributed by atoms with Crippen molar-refractivity contribution >= 4 is 53.8 Å². The fourth-order valence-corrected chi connectivity index (χ4v) is 9.99. The zero-order valence-corrected chi connectivity index (χ0v) is 43.8. The quantitative estimate of drug-likeness (QED) is 0.0574. The molecule has 7 heteroatoms. The van der Waals surface area contributed by atoms with Crippen LogP contribution in [-0.2, 0) is 31.3 Å². The molecule has 6 rings (SSSR count). The van der Waals surface area contributed by atoms with Crippen molar-refractivity contribution in [1.29, 1.82) is 0 Å². The Morgan fingerprint density at radius 1 is 0.623 bits per heavy atom. The minimum Gasteiger partial charge on any atom is -0.512 e. The summed E-state index contributed by atoms with van der Waals surface area (Å²) in [6.07, 6.45) is 9.78. The average molecular weight is 1030 g/mol. The van der Waals surface area contributed by atoms with Gasteiger partial charge in [-0.25, -0.2) is 0 Å². The molecule has 0 fully saturated rings. The van der Waals surface area contributed by atoms with E-state index in [1.54, 1.807) is 0 Å². The first-order valence-corrected chi connectivity index (χ1v) is 29.1. The first-order valence-electron chi connectivity index (χ1n) is 22.1. The number of rotatable bonds is 12. The van der Waals surface area contributed by atoms with Gasteiger partial charge < -0.3 is 15.1 Å². The summed E-state index contributed by atoms with van der Waals surface area (Å²) in [7, 11) is -2.59. The van der Waals surface area contributed by atoms with E-state index in [1.807, 2.05) is 40.1 Å². The summed E-state index contributed by atoms with van der Waals surface area (Å²) in [5.41, 5.74) is 9.20. The summed E-state index contributed by atoms with van der Waals surface area (Å²) in [6.45, 7) is 30.9. The van der Waals surface area contributed by atoms with Crippen LogP contribution in [0.15, 0.2) is 97.0 Å². The van der Waals surface area contributed by atoms with Crippen LogP contribution in [-0.4, -0.2) is 37.0 Å². The van der Waals surface area contributed by atoms with E-state index in [0.717, 1.165) is 60.2 Å². The number of aliphatic hydroxyl groups is 1. The second kappa shape index (κ2) is 22.9. The molecule has 0 saturated heterocycles. The van der Waals surface area contributed by atoms with Crippen LogP contribution in [0.3, 0.4) is 0 Å². The van der Waals surface area contributed by atoms with Crippen molar-refractivity contribution in [3.05, 3.63) is 131 Å². The van der Waals surface area contributed by atoms with Crippen molar-refractivity contribution in [1.82, 2.24) is 9.97 Å². The van der Waals surface area contributed by atoms with Crippen molar-refractivity contribution in [2.45, 2.75) is 127 Å². The molecule has 327 valence electrons. The summed E-state index contributed by atoms with van der Waals surface area (Å²) in [5, 5.41) is 17.7. The van der Waals surface area contributed by atoms with Crippen molar-refractivity contribution < 1.29 is 30.0 Å². The van der Waals surface area contributed by atoms with Crippen LogP contribution in [0.1, 0.15) is 82.6 Å². The second-order valence-electron chi connectivity index (χ2n) is 18.4. The molecule has 0 spiro atoms. The fourth-order valence-electron chi connectivity index (χ4n) is 7.64. The maximum atomic E-state index is 11.7. The van der Waals surface area contributed by atoms with Gasteiger partial charge in [-0.3, -0.25) is 4.79 Å². The number of aromatic nitrogens is 2. The van der Waals surface area contributed by atoms with Gasteiger partial charge in [0.05, 0.1) is 21.9 Å². The topological polar surface area (TPSA) is 63.1 Å². The summed E-state index contributed by atoms with van der Waals surface area (Å²) >= 11 is 0. The van der Waals surface area contributed by atoms with E-state index in [2.05, 4.69) is 162 Å². The van der Waals surface area contributed by atoms with Crippen molar-refractivity contribution in [2.75, 3.05) is 0 Å². The van der Waals surface area contributed by atoms with Crippen LogP contribution in [0.2, 0.25) is 39.3 Å². The number of nitrogens with zero attached hydrogens (tertiary/aromatic N) is 2. The summed E-state index contributed by atoms with van der Waals surface area (Å²) in [5.74, 6) is 0.547. The number of benzene rings is 4. The number of carbonyl (C=O) groups is 1. The predicted molar refractivity (Wildman–Crippen MR) is 265 cm³/mol. The van der Waals surface area contributed by atoms with Gasteiger partial charge in [0.2, 0.25) is 0 Å². The maximum absolute atomic E-state index is 11.7. The Hall–Kier alpha value is -4.01. The summed E-state index contributed by atoms with van der Waals surface area (Å²) in [6, 6.07) is 33.7. The van der Waals surface area contributed by atoms with Gasteiger partial charge in [0.1, 0.15) is 0 Å². The van der Waals surface area contributed by atoms with E-state index in [-0.39, 0.29) is 43.5 Å². The molecule has 4 aromatic carbocycles. The number of pyridine rings is 2. The van der Waals surface area contributed by atoms with Crippen LogP contribution in [0, 0.1) is 44.7 Å². The molecule has 2 aromatic heterocycles. The van der Waals surface area contributed by atoms with Gasteiger partial charge in [-0.05, 0) is 77.2 Å². The fraction of sp³-hybridized carbons (Fsp3) is 0.389. The maximum Gasteiger partial charge on any atom is 0.162 e. The van der Waals surface area contributed by atoms with Crippen LogP contribution in [0.5, 0.6) is 0 Å². The molecule has 0 saturated carbocycles. The molecule has 1 N–H and O–H groups in total. The number of ketones is 1. The van der Waals surface area contributed by atoms with Crippen molar-refractivity contribution in [3.8, 4) is 22.5 Å². The summed E-state index contributed by atoms with van der Waals surface area (Å²) < 4.78 is 0. The number of aryl methyl sites for hydroxylation is 4. The van der Waals surface area contributed by atoms with Gasteiger partial charge in [-0.2, -0.15) is 0 Å². The molecule has 0 atom stereocenters. The van der Waals surface area contributed by atoms with Crippen LogP contribution < -0.4 is 10.4 Å². The Balaban J connectivity index is 0.000000248. The number of fused-ring (bicyclic) bond motifs is 2. The third-order valence-electron chi connectivity index (χ3n) is 11.5. The molecule has 0 unspecified atom stereocenters. The third-order valence-corrected chi connectivity index (χ3v) is 15.6. The Bertz CT molecular complexity index is 2400. The number of aliphatic hydroxyl groups excluding tert-OH is 1. The first kappa shape index (κ1) is 51.3. The Labute approximate surface area is 384 Å². The van der Waals surface area contributed by atoms with E-state index < -0.39 is 16.1 Å². The molecule has 0 aliphatic heterocycles. The molecule has 2 heterocycles. The molecule has 0 aliphatic rings. The Morgan fingerprint density at radius 3 is 1.48 bits per heavy atom. The molecular weight excluding hydrogens is 957 g/mol. The Kier molecular flexibility index (Phi) is 19.3. The molecule has 0 amide bonds. The largest absolute Gasteiger partial charge is 0.512 e. The standard InChI is InChI=1S/C21H24NSi.C20H22NSi.C13H24O2.Ir/c1-6-16-11-15(2)12-18(13-16)21-20-8-7-19(23(3,4)5)14-17(20)9-10-22-21;1-14-10-15(2)12-17(11-14)20-19-7-6-18(22(3,4)5)13-16(19)8-9-21-20;1-5-10(6-2)12(14)9-13(15)11(7-3)8-4;/h7-11,13-14H,6H2,1-5H3;6-11,13H,1-5H3;9-11,14H,5-8H2,1-4H3;/q2*-1;;/b;;12-9-;. The number of carbonyl (C=O) groups excluding carboxylic acids is 1. The smallest absolute Gasteiger partial charge is 0.162 e. The van der Waals surface area contributed by atoms with Gasteiger partial charge in [0.15, 0.2) is 5.78 Å². The van der Waals surface area contributed by atoms with E-state index in [9.17, 15) is 9.90 Å². The van der Waals surface area contributed by atoms with E-state index in [1.165, 1.54) is 54.7 Å². The number of hydrogen-bond acceptors (Lipinski definition) is 4. The Morgan fingerprint density at radius 2 is 1.07 bits per heavy atom. The minimum absolute atomic E-state index is 0. The van der Waals surface area contributed by atoms with Gasteiger partial charge in [-0.1, -0.05) is 141 Å². The number of hydrogen-bond donors (Lipinski definition) is 1. The van der Waals surface area contributed by atoms with Crippen LogP contribution in [0.4, 0.5) is 0 Å². The second-order valence-corrected chi connectivity index (χ2v) is 28.5. The summed E-state index contributed by atoms with van der Waals surface area (Å²) in [4.78, 5) is 21.0. The predicted octanol–water partition coefficient (Wildman–Crippen LogP) is 13.8. The molecule has 1 radical (unpaired) electrons. The van der Waals surface area contributed by atoms with Crippen molar-refractivity contribution in [2.24, 2.45) is 11.8 Å². The van der Waals surface area contributed by atoms with Gasteiger partial charge in [0.25, 0.3) is 0 Å². The van der Waals surface area contributed by atoms with Crippen molar-refractivity contribution in [3.63, 3.8) is 0 Å². The van der Waals surface area contributed by atoms with E-state index in [0.29, 0.717) is 0 Å². The normalized spacial score (nSPS) is 11.8. The number of allylic oxidation sites excluding steroid dienone is 2. The SMILES string of the molecule is CCC(CC)C(=O)/C=C(\O)C(CC)CC.CCc1cc(C)[c-]c(-c2nccc3cc([Si](C)(C)C)ccc23)c1.Cc1[c-]c(-c2nccc3cc([Si](C)(C)C)ccc23)cc(C)c1.[Ir]. The third kappa shape index (κ3) is 14.0.